The van der Waals surface area contributed by atoms with Gasteiger partial charge in [-0.2, -0.15) is 0 Å². The fourth-order valence-electron chi connectivity index (χ4n) is 3.93. The second kappa shape index (κ2) is 4.54. The molecular formula is C17H20N2O. The van der Waals surface area contributed by atoms with Crippen LogP contribution in [0.25, 0.3) is 10.9 Å². The summed E-state index contributed by atoms with van der Waals surface area (Å²) >= 11 is 0. The molecular weight excluding hydrogens is 248 g/mol. The summed E-state index contributed by atoms with van der Waals surface area (Å²) in [5.74, 6) is 0. The molecule has 2 saturated heterocycles. The molecule has 2 fully saturated rings. The predicted molar refractivity (Wildman–Crippen MR) is 79.4 cm³/mol. The van der Waals surface area contributed by atoms with Crippen LogP contribution in [0.15, 0.2) is 36.5 Å². The Morgan fingerprint density at radius 1 is 1.15 bits per heavy atom. The van der Waals surface area contributed by atoms with Crippen molar-refractivity contribution in [3.63, 3.8) is 0 Å². The zero-order valence-corrected chi connectivity index (χ0v) is 11.5. The molecule has 20 heavy (non-hydrogen) atoms. The summed E-state index contributed by atoms with van der Waals surface area (Å²) in [4.78, 5) is 4.35. The highest BCUT2D eigenvalue weighted by atomic mass is 16.3. The summed E-state index contributed by atoms with van der Waals surface area (Å²) in [6.45, 7) is 0. The molecule has 0 aliphatic carbocycles. The number of pyridine rings is 1. The van der Waals surface area contributed by atoms with E-state index >= 15 is 0 Å². The van der Waals surface area contributed by atoms with Gasteiger partial charge in [0.1, 0.15) is 0 Å². The molecule has 1 aromatic heterocycles. The van der Waals surface area contributed by atoms with Gasteiger partial charge in [0.15, 0.2) is 0 Å². The van der Waals surface area contributed by atoms with Crippen molar-refractivity contribution in [3.05, 3.63) is 42.1 Å². The van der Waals surface area contributed by atoms with Crippen molar-refractivity contribution in [1.29, 1.82) is 0 Å². The topological polar surface area (TPSA) is 45.2 Å². The molecule has 1 aromatic carbocycles. The number of nitrogens with zero attached hydrogens (tertiary/aromatic N) is 1. The average molecular weight is 268 g/mol. The Morgan fingerprint density at radius 3 is 2.75 bits per heavy atom. The standard InChI is InChI=1S/C17H20N2O/c20-17(10-14-4-1-5-15(11-17)19-14)13-6-7-16-12(9-13)3-2-8-18-16/h2-3,6-9,14-15,19-20H,1,4-5,10-11H2. The van der Waals surface area contributed by atoms with E-state index in [1.165, 1.54) is 19.3 Å². The summed E-state index contributed by atoms with van der Waals surface area (Å²) in [5.41, 5.74) is 1.37. The number of hydrogen-bond donors (Lipinski definition) is 2. The number of nitrogens with one attached hydrogen (secondary N) is 1. The van der Waals surface area contributed by atoms with Crippen LogP contribution in [0.4, 0.5) is 0 Å². The number of benzene rings is 1. The summed E-state index contributed by atoms with van der Waals surface area (Å²) < 4.78 is 0. The van der Waals surface area contributed by atoms with E-state index in [2.05, 4.69) is 28.5 Å². The average Bonchev–Trinajstić information content (AvgIpc) is 2.46. The molecule has 2 unspecified atom stereocenters. The Hall–Kier alpha value is -1.45. The Kier molecular flexibility index (Phi) is 2.79. The van der Waals surface area contributed by atoms with E-state index < -0.39 is 5.60 Å². The van der Waals surface area contributed by atoms with Crippen LogP contribution in [0.3, 0.4) is 0 Å². The van der Waals surface area contributed by atoms with Crippen molar-refractivity contribution >= 4 is 10.9 Å². The molecule has 3 heterocycles. The number of piperidine rings is 2. The second-order valence-electron chi connectivity index (χ2n) is 6.34. The molecule has 4 rings (SSSR count). The molecule has 104 valence electrons. The number of rotatable bonds is 1. The normalized spacial score (nSPS) is 33.2. The molecule has 0 spiro atoms. The fraction of sp³-hybridized carbons (Fsp3) is 0.471. The molecule has 2 aliphatic rings. The van der Waals surface area contributed by atoms with Crippen LogP contribution < -0.4 is 5.32 Å². The van der Waals surface area contributed by atoms with Gasteiger partial charge in [0.25, 0.3) is 0 Å². The van der Waals surface area contributed by atoms with Gasteiger partial charge >= 0.3 is 0 Å². The highest BCUT2D eigenvalue weighted by molar-refractivity contribution is 5.79. The van der Waals surface area contributed by atoms with E-state index in [4.69, 9.17) is 0 Å². The monoisotopic (exact) mass is 268 g/mol. The third kappa shape index (κ3) is 2.02. The highest BCUT2D eigenvalue weighted by Gasteiger charge is 2.41. The minimum Gasteiger partial charge on any atom is -0.385 e. The third-order valence-electron chi connectivity index (χ3n) is 4.89. The zero-order chi connectivity index (χ0) is 13.6. The molecule has 2 atom stereocenters. The van der Waals surface area contributed by atoms with Crippen LogP contribution >= 0.6 is 0 Å². The number of aromatic nitrogens is 1. The van der Waals surface area contributed by atoms with E-state index in [0.717, 1.165) is 29.3 Å². The smallest absolute Gasteiger partial charge is 0.0926 e. The van der Waals surface area contributed by atoms with E-state index in [9.17, 15) is 5.11 Å². The second-order valence-corrected chi connectivity index (χ2v) is 6.34. The Balaban J connectivity index is 1.73. The minimum atomic E-state index is -0.676. The summed E-state index contributed by atoms with van der Waals surface area (Å²) in [6, 6.07) is 11.2. The first-order chi connectivity index (χ1) is 9.73. The SMILES string of the molecule is OC1(c2ccc3ncccc3c2)CC2CCCC(C1)N2. The van der Waals surface area contributed by atoms with E-state index in [1.807, 2.05) is 18.3 Å². The summed E-state index contributed by atoms with van der Waals surface area (Å²) in [5, 5.41) is 15.9. The highest BCUT2D eigenvalue weighted by Crippen LogP contribution is 2.40. The zero-order valence-electron chi connectivity index (χ0n) is 11.5. The van der Waals surface area contributed by atoms with Gasteiger partial charge in [0.2, 0.25) is 0 Å². The van der Waals surface area contributed by atoms with Gasteiger partial charge < -0.3 is 10.4 Å². The first kappa shape index (κ1) is 12.3. The Labute approximate surface area is 119 Å². The van der Waals surface area contributed by atoms with Gasteiger partial charge in [0, 0.05) is 23.7 Å². The first-order valence-corrected chi connectivity index (χ1v) is 7.57. The molecule has 3 nitrogen and oxygen atoms in total. The van der Waals surface area contributed by atoms with E-state index in [1.54, 1.807) is 0 Å². The van der Waals surface area contributed by atoms with Gasteiger partial charge in [-0.05, 0) is 49.4 Å². The quantitative estimate of drug-likeness (QED) is 0.836. The van der Waals surface area contributed by atoms with Crippen LogP contribution in [-0.4, -0.2) is 22.2 Å². The van der Waals surface area contributed by atoms with Crippen LogP contribution in [0.2, 0.25) is 0 Å². The number of hydrogen-bond acceptors (Lipinski definition) is 3. The maximum Gasteiger partial charge on any atom is 0.0926 e. The lowest BCUT2D eigenvalue weighted by Crippen LogP contribution is -2.54. The Morgan fingerprint density at radius 2 is 1.95 bits per heavy atom. The minimum absolute atomic E-state index is 0.470. The van der Waals surface area contributed by atoms with Crippen molar-refractivity contribution < 1.29 is 5.11 Å². The first-order valence-electron chi connectivity index (χ1n) is 7.57. The van der Waals surface area contributed by atoms with Gasteiger partial charge in [-0.3, -0.25) is 4.98 Å². The fourth-order valence-corrected chi connectivity index (χ4v) is 3.93. The van der Waals surface area contributed by atoms with Crippen molar-refractivity contribution in [2.75, 3.05) is 0 Å². The van der Waals surface area contributed by atoms with Crippen LogP contribution in [0.5, 0.6) is 0 Å². The lowest BCUT2D eigenvalue weighted by Gasteiger charge is -2.45. The van der Waals surface area contributed by atoms with Crippen LogP contribution in [-0.2, 0) is 5.60 Å². The molecule has 3 heteroatoms. The third-order valence-corrected chi connectivity index (χ3v) is 4.89. The maximum absolute atomic E-state index is 11.1. The van der Waals surface area contributed by atoms with Gasteiger partial charge in [-0.15, -0.1) is 0 Å². The lowest BCUT2D eigenvalue weighted by atomic mass is 9.74. The van der Waals surface area contributed by atoms with Gasteiger partial charge in [0.05, 0.1) is 11.1 Å². The van der Waals surface area contributed by atoms with Gasteiger partial charge in [-0.25, -0.2) is 0 Å². The maximum atomic E-state index is 11.1. The van der Waals surface area contributed by atoms with E-state index in [0.29, 0.717) is 12.1 Å². The molecule has 2 N–H and O–H groups in total. The van der Waals surface area contributed by atoms with Crippen molar-refractivity contribution in [2.45, 2.75) is 49.8 Å². The summed E-state index contributed by atoms with van der Waals surface area (Å²) in [7, 11) is 0. The predicted octanol–water partition coefficient (Wildman–Crippen LogP) is 2.73. The molecule has 2 aliphatic heterocycles. The van der Waals surface area contributed by atoms with Crippen molar-refractivity contribution in [1.82, 2.24) is 10.3 Å². The van der Waals surface area contributed by atoms with Gasteiger partial charge in [-0.1, -0.05) is 18.6 Å². The number of aliphatic hydroxyl groups is 1. The number of fused-ring (bicyclic) bond motifs is 3. The largest absolute Gasteiger partial charge is 0.385 e. The van der Waals surface area contributed by atoms with Crippen molar-refractivity contribution in [2.24, 2.45) is 0 Å². The lowest BCUT2D eigenvalue weighted by molar-refractivity contribution is -0.0357. The summed E-state index contributed by atoms with van der Waals surface area (Å²) in [6.07, 6.45) is 7.14. The molecule has 0 radical (unpaired) electrons. The van der Waals surface area contributed by atoms with Crippen LogP contribution in [0, 0.1) is 0 Å². The molecule has 0 saturated carbocycles. The van der Waals surface area contributed by atoms with E-state index in [-0.39, 0.29) is 0 Å². The molecule has 0 amide bonds. The van der Waals surface area contributed by atoms with Crippen LogP contribution in [0.1, 0.15) is 37.7 Å². The van der Waals surface area contributed by atoms with Crippen molar-refractivity contribution in [3.8, 4) is 0 Å². The Bertz CT molecular complexity index is 628. The molecule has 2 aromatic rings. The molecule has 2 bridgehead atoms.